The third kappa shape index (κ3) is 3.24. The van der Waals surface area contributed by atoms with E-state index in [1.54, 1.807) is 11.4 Å². The molecule has 1 heterocycles. The van der Waals surface area contributed by atoms with Crippen molar-refractivity contribution in [3.05, 3.63) is 38.2 Å². The lowest BCUT2D eigenvalue weighted by molar-refractivity contribution is -0.138. The van der Waals surface area contributed by atoms with Crippen molar-refractivity contribution in [2.45, 2.75) is 6.18 Å². The minimum absolute atomic E-state index is 0.0147. The zero-order chi connectivity index (χ0) is 13.3. The summed E-state index contributed by atoms with van der Waals surface area (Å²) in [6.45, 7) is 0. The van der Waals surface area contributed by atoms with Crippen molar-refractivity contribution >= 4 is 54.0 Å². The molecule has 0 saturated carbocycles. The van der Waals surface area contributed by atoms with Gasteiger partial charge in [0.05, 0.1) is 5.56 Å². The monoisotopic (exact) mass is 400 g/mol. The molecule has 2 aromatic rings. The molecule has 0 bridgehead atoms. The van der Waals surface area contributed by atoms with Crippen LogP contribution in [-0.2, 0) is 6.18 Å². The molecule has 0 saturated heterocycles. The smallest absolute Gasteiger partial charge is 0.332 e. The summed E-state index contributed by atoms with van der Waals surface area (Å²) >= 11 is 7.36. The van der Waals surface area contributed by atoms with Crippen molar-refractivity contribution in [2.75, 3.05) is 5.32 Å². The lowest BCUT2D eigenvalue weighted by atomic mass is 10.2. The van der Waals surface area contributed by atoms with Gasteiger partial charge in [-0.05, 0) is 34.1 Å². The van der Waals surface area contributed by atoms with E-state index in [0.717, 1.165) is 6.07 Å². The van der Waals surface area contributed by atoms with E-state index in [-0.39, 0.29) is 4.47 Å². The number of anilines is 2. The molecule has 1 N–H and O–H groups in total. The maximum atomic E-state index is 12.7. The van der Waals surface area contributed by atoms with E-state index in [1.165, 1.54) is 17.4 Å². The van der Waals surface area contributed by atoms with Crippen LogP contribution in [0, 0.1) is 0 Å². The highest BCUT2D eigenvalue weighted by atomic mass is 79.9. The predicted octanol–water partition coefficient (Wildman–Crippen LogP) is 5.43. The predicted molar refractivity (Wildman–Crippen MR) is 72.2 cm³/mol. The van der Waals surface area contributed by atoms with Crippen LogP contribution in [0.3, 0.4) is 0 Å². The Morgan fingerprint density at radius 1 is 1.22 bits per heavy atom. The van der Waals surface area contributed by atoms with Crippen LogP contribution in [0.15, 0.2) is 32.7 Å². The van der Waals surface area contributed by atoms with Crippen LogP contribution in [-0.4, -0.2) is 4.98 Å². The van der Waals surface area contributed by atoms with Crippen molar-refractivity contribution in [1.82, 2.24) is 4.98 Å². The van der Waals surface area contributed by atoms with Gasteiger partial charge >= 0.3 is 6.18 Å². The number of rotatable bonds is 2. The Balaban J connectivity index is 2.30. The first-order valence-corrected chi connectivity index (χ1v) is 7.07. The van der Waals surface area contributed by atoms with E-state index < -0.39 is 11.7 Å². The summed E-state index contributed by atoms with van der Waals surface area (Å²) in [6.07, 6.45) is -4.39. The molecule has 0 fully saturated rings. The van der Waals surface area contributed by atoms with Crippen molar-refractivity contribution < 1.29 is 13.2 Å². The number of nitrogens with one attached hydrogen (secondary N) is 1. The first kappa shape index (κ1) is 13.8. The van der Waals surface area contributed by atoms with Gasteiger partial charge in [0.1, 0.15) is 4.60 Å². The quantitative estimate of drug-likeness (QED) is 0.725. The third-order valence-electron chi connectivity index (χ3n) is 2.00. The third-order valence-corrected chi connectivity index (χ3v) is 4.16. The Hall–Kier alpha value is -0.600. The van der Waals surface area contributed by atoms with Gasteiger partial charge in [-0.2, -0.15) is 13.2 Å². The van der Waals surface area contributed by atoms with Crippen molar-refractivity contribution in [3.63, 3.8) is 0 Å². The van der Waals surface area contributed by atoms with Gasteiger partial charge in [0, 0.05) is 15.5 Å². The highest BCUT2D eigenvalue weighted by molar-refractivity contribution is 9.10. The fourth-order valence-electron chi connectivity index (χ4n) is 1.26. The van der Waals surface area contributed by atoms with Gasteiger partial charge in [0.2, 0.25) is 0 Å². The van der Waals surface area contributed by atoms with Gasteiger partial charge in [-0.1, -0.05) is 15.9 Å². The van der Waals surface area contributed by atoms with E-state index >= 15 is 0 Å². The summed E-state index contributed by atoms with van der Waals surface area (Å²) in [5, 5.41) is 5.09. The Morgan fingerprint density at radius 2 is 1.94 bits per heavy atom. The summed E-state index contributed by atoms with van der Waals surface area (Å²) in [7, 11) is 0. The molecule has 0 radical (unpaired) electrons. The van der Waals surface area contributed by atoms with Gasteiger partial charge in [0.15, 0.2) is 5.13 Å². The minimum atomic E-state index is -4.39. The first-order chi connectivity index (χ1) is 8.36. The molecule has 1 aromatic carbocycles. The van der Waals surface area contributed by atoms with Crippen molar-refractivity contribution in [2.24, 2.45) is 0 Å². The van der Waals surface area contributed by atoms with Gasteiger partial charge in [-0.25, -0.2) is 4.98 Å². The number of hydrogen-bond donors (Lipinski definition) is 1. The SMILES string of the molecule is FC(F)(F)c1cc(Nc2nc(Br)cs2)ccc1Br. The topological polar surface area (TPSA) is 24.9 Å². The molecule has 2 rings (SSSR count). The fraction of sp³-hybridized carbons (Fsp3) is 0.100. The van der Waals surface area contributed by atoms with Crippen LogP contribution < -0.4 is 5.32 Å². The molecule has 1 aromatic heterocycles. The number of alkyl halides is 3. The largest absolute Gasteiger partial charge is 0.417 e. The summed E-state index contributed by atoms with van der Waals surface area (Å²) in [4.78, 5) is 4.05. The van der Waals surface area contributed by atoms with E-state index in [1.807, 2.05) is 0 Å². The molecule has 0 spiro atoms. The normalized spacial score (nSPS) is 11.6. The van der Waals surface area contributed by atoms with Crippen LogP contribution in [0.1, 0.15) is 5.56 Å². The highest BCUT2D eigenvalue weighted by Crippen LogP contribution is 2.37. The minimum Gasteiger partial charge on any atom is -0.332 e. The molecule has 0 amide bonds. The average molecular weight is 402 g/mol. The maximum Gasteiger partial charge on any atom is 0.417 e. The number of thiazole rings is 1. The van der Waals surface area contributed by atoms with Crippen LogP contribution in [0.4, 0.5) is 24.0 Å². The molecular weight excluding hydrogens is 397 g/mol. The summed E-state index contributed by atoms with van der Waals surface area (Å²) in [5.74, 6) is 0. The van der Waals surface area contributed by atoms with Gasteiger partial charge in [-0.3, -0.25) is 0 Å². The van der Waals surface area contributed by atoms with Crippen molar-refractivity contribution in [1.29, 1.82) is 0 Å². The van der Waals surface area contributed by atoms with Gasteiger partial charge < -0.3 is 5.32 Å². The molecular formula is C10H5Br2F3N2S. The Labute approximate surface area is 121 Å². The van der Waals surface area contributed by atoms with E-state index in [9.17, 15) is 13.2 Å². The summed E-state index contributed by atoms with van der Waals surface area (Å²) < 4.78 is 38.7. The number of nitrogens with zero attached hydrogens (tertiary/aromatic N) is 1. The lowest BCUT2D eigenvalue weighted by Gasteiger charge is -2.11. The Kier molecular flexibility index (Phi) is 3.98. The number of benzene rings is 1. The Morgan fingerprint density at radius 3 is 2.50 bits per heavy atom. The van der Waals surface area contributed by atoms with Crippen molar-refractivity contribution in [3.8, 4) is 0 Å². The average Bonchev–Trinajstić information content (AvgIpc) is 2.65. The van der Waals surface area contributed by atoms with Crippen LogP contribution >= 0.6 is 43.2 Å². The lowest BCUT2D eigenvalue weighted by Crippen LogP contribution is -2.06. The van der Waals surface area contributed by atoms with Crippen LogP contribution in [0.25, 0.3) is 0 Å². The van der Waals surface area contributed by atoms with E-state index in [2.05, 4.69) is 42.2 Å². The number of aromatic nitrogens is 1. The second-order valence-electron chi connectivity index (χ2n) is 3.29. The van der Waals surface area contributed by atoms with Crippen LogP contribution in [0.2, 0.25) is 0 Å². The zero-order valence-corrected chi connectivity index (χ0v) is 12.5. The standard InChI is InChI=1S/C10H5Br2F3N2S/c11-7-2-1-5(3-6(7)10(13,14)15)16-9-17-8(12)4-18-9/h1-4H,(H,16,17). The second-order valence-corrected chi connectivity index (χ2v) is 5.82. The maximum absolute atomic E-state index is 12.7. The number of halogens is 5. The molecule has 0 aliphatic carbocycles. The molecule has 8 heteroatoms. The molecule has 96 valence electrons. The summed E-state index contributed by atoms with van der Waals surface area (Å²) in [5.41, 5.74) is -0.379. The molecule has 0 aliphatic rings. The first-order valence-electron chi connectivity index (χ1n) is 4.61. The highest BCUT2D eigenvalue weighted by Gasteiger charge is 2.33. The van der Waals surface area contributed by atoms with Gasteiger partial charge in [0.25, 0.3) is 0 Å². The second kappa shape index (κ2) is 5.18. The fourth-order valence-corrected chi connectivity index (χ4v) is 2.89. The molecule has 2 nitrogen and oxygen atoms in total. The van der Waals surface area contributed by atoms with E-state index in [0.29, 0.717) is 15.4 Å². The van der Waals surface area contributed by atoms with Crippen LogP contribution in [0.5, 0.6) is 0 Å². The summed E-state index contributed by atoms with van der Waals surface area (Å²) in [6, 6.07) is 3.95. The number of hydrogen-bond acceptors (Lipinski definition) is 3. The zero-order valence-electron chi connectivity index (χ0n) is 8.55. The van der Waals surface area contributed by atoms with E-state index in [4.69, 9.17) is 0 Å². The molecule has 0 atom stereocenters. The molecule has 0 aliphatic heterocycles. The van der Waals surface area contributed by atoms with Gasteiger partial charge in [-0.15, -0.1) is 11.3 Å². The molecule has 0 unspecified atom stereocenters. The Bertz CT molecular complexity index is 568. The molecule has 18 heavy (non-hydrogen) atoms.